The molecule has 0 saturated carbocycles. The molecule has 0 saturated heterocycles. The smallest absolute Gasteiger partial charge is 0.146 e. The number of benzene rings is 2. The molecular formula is C16H17F2N. The second kappa shape index (κ2) is 5.83. The highest BCUT2D eigenvalue weighted by molar-refractivity contribution is 5.47. The minimum absolute atomic E-state index is 0.197. The Morgan fingerprint density at radius 1 is 0.947 bits per heavy atom. The zero-order chi connectivity index (χ0) is 13.8. The van der Waals surface area contributed by atoms with E-state index < -0.39 is 11.6 Å². The Labute approximate surface area is 112 Å². The number of hydrogen-bond donors (Lipinski definition) is 1. The molecule has 0 aliphatic heterocycles. The lowest BCUT2D eigenvalue weighted by atomic mass is 10.1. The number of halogens is 2. The molecule has 2 rings (SSSR count). The summed E-state index contributed by atoms with van der Waals surface area (Å²) < 4.78 is 27.0. The van der Waals surface area contributed by atoms with Crippen molar-refractivity contribution in [3.63, 3.8) is 0 Å². The van der Waals surface area contributed by atoms with Crippen LogP contribution < -0.4 is 5.32 Å². The van der Waals surface area contributed by atoms with Gasteiger partial charge < -0.3 is 5.32 Å². The van der Waals surface area contributed by atoms with Crippen molar-refractivity contribution in [1.82, 2.24) is 0 Å². The molecule has 0 fully saturated rings. The fourth-order valence-electron chi connectivity index (χ4n) is 1.87. The summed E-state index contributed by atoms with van der Waals surface area (Å²) >= 11 is 0. The maximum absolute atomic E-state index is 13.6. The first-order valence-electron chi connectivity index (χ1n) is 6.37. The van der Waals surface area contributed by atoms with Gasteiger partial charge in [-0.05, 0) is 36.1 Å². The van der Waals surface area contributed by atoms with Crippen LogP contribution >= 0.6 is 0 Å². The summed E-state index contributed by atoms with van der Waals surface area (Å²) in [5.41, 5.74) is 2.81. The van der Waals surface area contributed by atoms with Gasteiger partial charge in [-0.15, -0.1) is 0 Å². The summed E-state index contributed by atoms with van der Waals surface area (Å²) in [5.74, 6) is -0.825. The minimum atomic E-state index is -0.427. The molecule has 2 aromatic rings. The highest BCUT2D eigenvalue weighted by atomic mass is 19.1. The third-order valence-corrected chi connectivity index (χ3v) is 3.16. The summed E-state index contributed by atoms with van der Waals surface area (Å²) in [6.07, 6.45) is 0.992. The average Bonchev–Trinajstić information content (AvgIpc) is 2.42. The maximum Gasteiger partial charge on any atom is 0.146 e. The number of aryl methyl sites for hydroxylation is 2. The molecule has 2 aromatic carbocycles. The molecule has 0 aliphatic carbocycles. The molecule has 1 N–H and O–H groups in total. The fraction of sp³-hybridized carbons (Fsp3) is 0.250. The molecule has 100 valence electrons. The Morgan fingerprint density at radius 2 is 1.58 bits per heavy atom. The lowest BCUT2D eigenvalue weighted by Gasteiger charge is -2.09. The summed E-state index contributed by atoms with van der Waals surface area (Å²) in [5, 5.41) is 2.92. The van der Waals surface area contributed by atoms with Crippen molar-refractivity contribution in [3.8, 4) is 0 Å². The molecule has 0 heterocycles. The number of anilines is 1. The van der Waals surface area contributed by atoms with E-state index in [0.29, 0.717) is 12.1 Å². The van der Waals surface area contributed by atoms with E-state index in [2.05, 4.69) is 12.2 Å². The van der Waals surface area contributed by atoms with Crippen molar-refractivity contribution >= 4 is 5.69 Å². The second-order valence-electron chi connectivity index (χ2n) is 4.60. The minimum Gasteiger partial charge on any atom is -0.379 e. The van der Waals surface area contributed by atoms with Crippen molar-refractivity contribution < 1.29 is 8.78 Å². The Hall–Kier alpha value is -1.90. The van der Waals surface area contributed by atoms with E-state index in [9.17, 15) is 8.78 Å². The topological polar surface area (TPSA) is 12.0 Å². The van der Waals surface area contributed by atoms with E-state index in [1.54, 1.807) is 6.92 Å². The molecule has 0 aliphatic rings. The Kier molecular flexibility index (Phi) is 4.15. The van der Waals surface area contributed by atoms with Crippen molar-refractivity contribution in [2.24, 2.45) is 0 Å². The average molecular weight is 261 g/mol. The zero-order valence-corrected chi connectivity index (χ0v) is 11.1. The van der Waals surface area contributed by atoms with Gasteiger partial charge in [-0.25, -0.2) is 8.78 Å². The van der Waals surface area contributed by atoms with Gasteiger partial charge >= 0.3 is 0 Å². The van der Waals surface area contributed by atoms with Gasteiger partial charge in [0.2, 0.25) is 0 Å². The van der Waals surface area contributed by atoms with E-state index in [4.69, 9.17) is 0 Å². The molecule has 0 amide bonds. The second-order valence-corrected chi connectivity index (χ2v) is 4.60. The van der Waals surface area contributed by atoms with Crippen LogP contribution in [0.5, 0.6) is 0 Å². The predicted octanol–water partition coefficient (Wildman–Crippen LogP) is 4.45. The van der Waals surface area contributed by atoms with E-state index in [1.807, 2.05) is 24.3 Å². The van der Waals surface area contributed by atoms with Crippen LogP contribution in [-0.4, -0.2) is 0 Å². The molecule has 0 bridgehead atoms. The van der Waals surface area contributed by atoms with Crippen LogP contribution in [0.4, 0.5) is 14.5 Å². The number of nitrogens with one attached hydrogen (secondary N) is 1. The van der Waals surface area contributed by atoms with Gasteiger partial charge in [-0.1, -0.05) is 31.2 Å². The van der Waals surface area contributed by atoms with Crippen LogP contribution in [0.15, 0.2) is 36.4 Å². The van der Waals surface area contributed by atoms with Gasteiger partial charge in [0.15, 0.2) is 0 Å². The highest BCUT2D eigenvalue weighted by Gasteiger charge is 2.06. The maximum atomic E-state index is 13.6. The van der Waals surface area contributed by atoms with Crippen molar-refractivity contribution in [2.45, 2.75) is 26.8 Å². The molecule has 0 radical (unpaired) electrons. The third-order valence-electron chi connectivity index (χ3n) is 3.16. The van der Waals surface area contributed by atoms with Crippen molar-refractivity contribution in [1.29, 1.82) is 0 Å². The summed E-state index contributed by atoms with van der Waals surface area (Å²) in [7, 11) is 0. The first-order chi connectivity index (χ1) is 9.10. The van der Waals surface area contributed by atoms with Crippen LogP contribution in [0, 0.1) is 18.6 Å². The molecule has 0 unspecified atom stereocenters. The summed E-state index contributed by atoms with van der Waals surface area (Å²) in [6, 6.07) is 10.5. The Morgan fingerprint density at radius 3 is 2.21 bits per heavy atom. The summed E-state index contributed by atoms with van der Waals surface area (Å²) in [6.45, 7) is 4.12. The molecule has 1 nitrogen and oxygen atoms in total. The van der Waals surface area contributed by atoms with E-state index >= 15 is 0 Å². The monoisotopic (exact) mass is 261 g/mol. The van der Waals surface area contributed by atoms with Gasteiger partial charge in [0.05, 0.1) is 5.69 Å². The van der Waals surface area contributed by atoms with Gasteiger partial charge in [0.1, 0.15) is 11.6 Å². The van der Waals surface area contributed by atoms with Crippen molar-refractivity contribution in [2.75, 3.05) is 5.32 Å². The van der Waals surface area contributed by atoms with E-state index in [1.165, 1.54) is 17.7 Å². The molecule has 0 aromatic heterocycles. The SMILES string of the molecule is CCc1ccc(CNc2cc(F)c(C)cc2F)cc1. The predicted molar refractivity (Wildman–Crippen MR) is 74.2 cm³/mol. The van der Waals surface area contributed by atoms with Crippen molar-refractivity contribution in [3.05, 3.63) is 64.7 Å². The van der Waals surface area contributed by atoms with Crippen LogP contribution in [0.1, 0.15) is 23.6 Å². The Bertz CT molecular complexity index is 562. The van der Waals surface area contributed by atoms with Gasteiger partial charge in [-0.3, -0.25) is 0 Å². The normalized spacial score (nSPS) is 10.5. The Balaban J connectivity index is 2.07. The van der Waals surface area contributed by atoms with Crippen LogP contribution in [0.25, 0.3) is 0 Å². The van der Waals surface area contributed by atoms with Gasteiger partial charge in [-0.2, -0.15) is 0 Å². The van der Waals surface area contributed by atoms with Gasteiger partial charge in [0, 0.05) is 12.6 Å². The highest BCUT2D eigenvalue weighted by Crippen LogP contribution is 2.19. The van der Waals surface area contributed by atoms with Gasteiger partial charge in [0.25, 0.3) is 0 Å². The lowest BCUT2D eigenvalue weighted by Crippen LogP contribution is -2.03. The third kappa shape index (κ3) is 3.31. The molecule has 0 atom stereocenters. The molecule has 0 spiro atoms. The first kappa shape index (κ1) is 13.5. The van der Waals surface area contributed by atoms with Crippen LogP contribution in [-0.2, 0) is 13.0 Å². The number of rotatable bonds is 4. The largest absolute Gasteiger partial charge is 0.379 e. The van der Waals surface area contributed by atoms with E-state index in [0.717, 1.165) is 12.0 Å². The zero-order valence-electron chi connectivity index (χ0n) is 11.1. The standard InChI is InChI=1S/C16H17F2N/c1-3-12-4-6-13(7-5-12)10-19-16-9-14(17)11(2)8-15(16)18/h4-9,19H,3,10H2,1-2H3. The fourth-order valence-corrected chi connectivity index (χ4v) is 1.87. The first-order valence-corrected chi connectivity index (χ1v) is 6.37. The van der Waals surface area contributed by atoms with E-state index in [-0.39, 0.29) is 5.69 Å². The van der Waals surface area contributed by atoms with Crippen LogP contribution in [0.3, 0.4) is 0 Å². The summed E-state index contributed by atoms with van der Waals surface area (Å²) in [4.78, 5) is 0. The molecule has 3 heteroatoms. The molecule has 19 heavy (non-hydrogen) atoms. The molecular weight excluding hydrogens is 244 g/mol. The van der Waals surface area contributed by atoms with Crippen LogP contribution in [0.2, 0.25) is 0 Å². The lowest BCUT2D eigenvalue weighted by molar-refractivity contribution is 0.594. The number of hydrogen-bond acceptors (Lipinski definition) is 1. The quantitative estimate of drug-likeness (QED) is 0.857.